The minimum Gasteiger partial charge on any atom is -0.355 e. The predicted octanol–water partition coefficient (Wildman–Crippen LogP) is 3.47. The zero-order chi connectivity index (χ0) is 16.8. The SMILES string of the molecule is CNC(=O)c1ccc(NC(=O)[C@@H](C)Sc2ccc(C)cc2)cc1. The molecule has 0 aliphatic heterocycles. The number of hydrogen-bond donors (Lipinski definition) is 2. The van der Waals surface area contributed by atoms with Crippen molar-refractivity contribution in [1.82, 2.24) is 5.32 Å². The third-order valence-electron chi connectivity index (χ3n) is 3.34. The van der Waals surface area contributed by atoms with Gasteiger partial charge in [0.05, 0.1) is 5.25 Å². The van der Waals surface area contributed by atoms with Crippen molar-refractivity contribution in [3.63, 3.8) is 0 Å². The summed E-state index contributed by atoms with van der Waals surface area (Å²) in [6.45, 7) is 3.91. The van der Waals surface area contributed by atoms with Gasteiger partial charge < -0.3 is 10.6 Å². The molecular weight excluding hydrogens is 308 g/mol. The van der Waals surface area contributed by atoms with Crippen molar-refractivity contribution >= 4 is 29.3 Å². The van der Waals surface area contributed by atoms with E-state index in [1.165, 1.54) is 17.3 Å². The van der Waals surface area contributed by atoms with Crippen LogP contribution in [-0.2, 0) is 4.79 Å². The molecule has 0 bridgehead atoms. The molecule has 1 atom stereocenters. The summed E-state index contributed by atoms with van der Waals surface area (Å²) in [4.78, 5) is 24.8. The van der Waals surface area contributed by atoms with Gasteiger partial charge in [-0.25, -0.2) is 0 Å². The summed E-state index contributed by atoms with van der Waals surface area (Å²) in [5.74, 6) is -0.213. The largest absolute Gasteiger partial charge is 0.355 e. The van der Waals surface area contributed by atoms with Gasteiger partial charge >= 0.3 is 0 Å². The van der Waals surface area contributed by atoms with Gasteiger partial charge in [0.2, 0.25) is 5.91 Å². The summed E-state index contributed by atoms with van der Waals surface area (Å²) in [6.07, 6.45) is 0. The van der Waals surface area contributed by atoms with Crippen molar-refractivity contribution in [1.29, 1.82) is 0 Å². The summed E-state index contributed by atoms with van der Waals surface area (Å²) in [5.41, 5.74) is 2.44. The van der Waals surface area contributed by atoms with Crippen LogP contribution < -0.4 is 10.6 Å². The molecule has 0 saturated carbocycles. The molecule has 0 aliphatic carbocycles. The minimum absolute atomic E-state index is 0.0664. The third-order valence-corrected chi connectivity index (χ3v) is 4.46. The van der Waals surface area contributed by atoms with Gasteiger partial charge in [-0.2, -0.15) is 0 Å². The molecule has 0 unspecified atom stereocenters. The quantitative estimate of drug-likeness (QED) is 0.826. The molecule has 4 nitrogen and oxygen atoms in total. The maximum Gasteiger partial charge on any atom is 0.251 e. The second kappa shape index (κ2) is 7.83. The number of rotatable bonds is 5. The molecule has 0 heterocycles. The highest BCUT2D eigenvalue weighted by Crippen LogP contribution is 2.24. The molecule has 2 amide bonds. The molecule has 2 rings (SSSR count). The highest BCUT2D eigenvalue weighted by molar-refractivity contribution is 8.00. The smallest absolute Gasteiger partial charge is 0.251 e. The molecule has 0 fully saturated rings. The first kappa shape index (κ1) is 17.1. The molecule has 0 aromatic heterocycles. The average Bonchev–Trinajstić information content (AvgIpc) is 2.56. The second-order valence-corrected chi connectivity index (χ2v) is 6.63. The van der Waals surface area contributed by atoms with Crippen LogP contribution in [0.2, 0.25) is 0 Å². The van der Waals surface area contributed by atoms with Crippen molar-refractivity contribution in [3.05, 3.63) is 59.7 Å². The van der Waals surface area contributed by atoms with Crippen LogP contribution in [0.5, 0.6) is 0 Å². The van der Waals surface area contributed by atoms with Crippen LogP contribution in [0.4, 0.5) is 5.69 Å². The maximum absolute atomic E-state index is 12.2. The van der Waals surface area contributed by atoms with E-state index in [2.05, 4.69) is 10.6 Å². The van der Waals surface area contributed by atoms with Crippen molar-refractivity contribution in [3.8, 4) is 0 Å². The number of benzene rings is 2. The number of nitrogens with one attached hydrogen (secondary N) is 2. The van der Waals surface area contributed by atoms with Gasteiger partial charge in [0, 0.05) is 23.2 Å². The monoisotopic (exact) mass is 328 g/mol. The first-order valence-electron chi connectivity index (χ1n) is 7.36. The van der Waals surface area contributed by atoms with E-state index in [1.54, 1.807) is 31.3 Å². The van der Waals surface area contributed by atoms with Crippen LogP contribution in [0.25, 0.3) is 0 Å². The molecule has 2 aromatic carbocycles. The molecule has 0 saturated heterocycles. The Balaban J connectivity index is 1.95. The Morgan fingerprint density at radius 3 is 2.17 bits per heavy atom. The van der Waals surface area contributed by atoms with Gasteiger partial charge in [-0.1, -0.05) is 17.7 Å². The second-order valence-electron chi connectivity index (χ2n) is 5.22. The van der Waals surface area contributed by atoms with Gasteiger partial charge in [-0.15, -0.1) is 11.8 Å². The van der Waals surface area contributed by atoms with Crippen molar-refractivity contribution in [2.24, 2.45) is 0 Å². The molecule has 0 aliphatic rings. The van der Waals surface area contributed by atoms with Gasteiger partial charge in [0.1, 0.15) is 0 Å². The average molecular weight is 328 g/mol. The normalized spacial score (nSPS) is 11.6. The maximum atomic E-state index is 12.2. The van der Waals surface area contributed by atoms with Gasteiger partial charge in [-0.3, -0.25) is 9.59 Å². The van der Waals surface area contributed by atoms with Crippen LogP contribution in [0.1, 0.15) is 22.8 Å². The fourth-order valence-corrected chi connectivity index (χ4v) is 2.84. The van der Waals surface area contributed by atoms with E-state index < -0.39 is 0 Å². The molecule has 120 valence electrons. The van der Waals surface area contributed by atoms with Crippen molar-refractivity contribution < 1.29 is 9.59 Å². The molecule has 2 aromatic rings. The van der Waals surface area contributed by atoms with E-state index in [0.717, 1.165) is 4.90 Å². The number of carbonyl (C=O) groups excluding carboxylic acids is 2. The lowest BCUT2D eigenvalue weighted by Crippen LogP contribution is -2.22. The third kappa shape index (κ3) is 4.86. The van der Waals surface area contributed by atoms with Gasteiger partial charge in [0.15, 0.2) is 0 Å². The van der Waals surface area contributed by atoms with Gasteiger partial charge in [0.25, 0.3) is 5.91 Å². The molecular formula is C18H20N2O2S. The number of carbonyl (C=O) groups is 2. The molecule has 2 N–H and O–H groups in total. The highest BCUT2D eigenvalue weighted by Gasteiger charge is 2.14. The lowest BCUT2D eigenvalue weighted by Gasteiger charge is -2.12. The Morgan fingerprint density at radius 2 is 1.61 bits per heavy atom. The summed E-state index contributed by atoms with van der Waals surface area (Å²) < 4.78 is 0. The predicted molar refractivity (Wildman–Crippen MR) is 95.0 cm³/mol. The van der Waals surface area contributed by atoms with E-state index >= 15 is 0 Å². The van der Waals surface area contributed by atoms with Crippen molar-refractivity contribution in [2.45, 2.75) is 24.0 Å². The number of hydrogen-bond acceptors (Lipinski definition) is 3. The number of anilines is 1. The standard InChI is InChI=1S/C18H20N2O2S/c1-12-4-10-16(11-5-12)23-13(2)17(21)20-15-8-6-14(7-9-15)18(22)19-3/h4-11,13H,1-3H3,(H,19,22)(H,20,21)/t13-/m1/s1. The lowest BCUT2D eigenvalue weighted by molar-refractivity contribution is -0.115. The molecule has 23 heavy (non-hydrogen) atoms. The fourth-order valence-electron chi connectivity index (χ4n) is 1.97. The van der Waals surface area contributed by atoms with Crippen LogP contribution in [0.3, 0.4) is 0 Å². The highest BCUT2D eigenvalue weighted by atomic mass is 32.2. The molecule has 0 spiro atoms. The van der Waals surface area contributed by atoms with E-state index in [9.17, 15) is 9.59 Å². The number of aryl methyl sites for hydroxylation is 1. The molecule has 5 heteroatoms. The van der Waals surface area contributed by atoms with Crippen LogP contribution in [0, 0.1) is 6.92 Å². The fraction of sp³-hybridized carbons (Fsp3) is 0.222. The Kier molecular flexibility index (Phi) is 5.82. The van der Waals surface area contributed by atoms with Crippen LogP contribution in [0.15, 0.2) is 53.4 Å². The van der Waals surface area contributed by atoms with Crippen LogP contribution >= 0.6 is 11.8 Å². The molecule has 0 radical (unpaired) electrons. The number of thioether (sulfide) groups is 1. The zero-order valence-electron chi connectivity index (χ0n) is 13.4. The summed E-state index contributed by atoms with van der Waals surface area (Å²) in [7, 11) is 1.59. The summed E-state index contributed by atoms with van der Waals surface area (Å²) in [5, 5.41) is 5.22. The Hall–Kier alpha value is -2.27. The Bertz CT molecular complexity index is 681. The first-order valence-corrected chi connectivity index (χ1v) is 8.24. The summed E-state index contributed by atoms with van der Waals surface area (Å²) >= 11 is 1.52. The minimum atomic E-state index is -0.212. The Labute approximate surface area is 140 Å². The lowest BCUT2D eigenvalue weighted by atomic mass is 10.2. The van der Waals surface area contributed by atoms with E-state index in [4.69, 9.17) is 0 Å². The summed E-state index contributed by atoms with van der Waals surface area (Å²) in [6, 6.07) is 14.9. The van der Waals surface area contributed by atoms with Gasteiger partial charge in [-0.05, 0) is 50.2 Å². The Morgan fingerprint density at radius 1 is 1.00 bits per heavy atom. The number of amides is 2. The topological polar surface area (TPSA) is 58.2 Å². The van der Waals surface area contributed by atoms with E-state index in [0.29, 0.717) is 11.3 Å². The first-order chi connectivity index (χ1) is 11.0. The zero-order valence-corrected chi connectivity index (χ0v) is 14.2. The van der Waals surface area contributed by atoms with Crippen LogP contribution in [-0.4, -0.2) is 24.1 Å². The van der Waals surface area contributed by atoms with E-state index in [1.807, 2.05) is 38.1 Å². The van der Waals surface area contributed by atoms with E-state index in [-0.39, 0.29) is 17.1 Å². The van der Waals surface area contributed by atoms with Crippen molar-refractivity contribution in [2.75, 3.05) is 12.4 Å².